The minimum atomic E-state index is -3.55. The van der Waals surface area contributed by atoms with E-state index < -0.39 is 13.3 Å². The lowest BCUT2D eigenvalue weighted by Crippen LogP contribution is -2.27. The number of hydrogen-bond acceptors (Lipinski definition) is 6. The predicted molar refractivity (Wildman–Crippen MR) is 83.0 cm³/mol. The van der Waals surface area contributed by atoms with Crippen molar-refractivity contribution < 1.29 is 27.9 Å². The monoisotopic (exact) mass is 341 g/mol. The number of amides is 1. The molecular weight excluding hydrogens is 321 g/mol. The van der Waals surface area contributed by atoms with Crippen LogP contribution in [-0.4, -0.2) is 38.1 Å². The lowest BCUT2D eigenvalue weighted by molar-refractivity contribution is -0.119. The summed E-state index contributed by atoms with van der Waals surface area (Å²) in [5, 5.41) is 2.77. The van der Waals surface area contributed by atoms with Crippen LogP contribution in [0.2, 0.25) is 0 Å². The standard InChI is InChI=1S/C15H20NO6P/c1-3-21-23(18,22-4-2)14-11(8-16-15(14)17)10-5-6-12-13(7-10)20-9-19-12/h5-7,11,14H,3-4,8-9H2,1-2H3,(H,16,17)/t11-,14-/m1/s1. The molecule has 1 saturated heterocycles. The molecule has 0 bridgehead atoms. The maximum absolute atomic E-state index is 13.1. The van der Waals surface area contributed by atoms with Crippen molar-refractivity contribution in [2.45, 2.75) is 25.4 Å². The summed E-state index contributed by atoms with van der Waals surface area (Å²) < 4.78 is 34.5. The van der Waals surface area contributed by atoms with Gasteiger partial charge >= 0.3 is 7.60 Å². The molecule has 3 rings (SSSR count). The van der Waals surface area contributed by atoms with Crippen molar-refractivity contribution in [1.82, 2.24) is 5.32 Å². The van der Waals surface area contributed by atoms with Gasteiger partial charge in [-0.3, -0.25) is 9.36 Å². The van der Waals surface area contributed by atoms with Gasteiger partial charge in [-0.25, -0.2) is 0 Å². The third kappa shape index (κ3) is 2.96. The highest BCUT2D eigenvalue weighted by atomic mass is 31.2. The van der Waals surface area contributed by atoms with E-state index in [1.807, 2.05) is 12.1 Å². The Morgan fingerprint density at radius 3 is 2.61 bits per heavy atom. The molecule has 1 N–H and O–H groups in total. The third-order valence-electron chi connectivity index (χ3n) is 3.93. The van der Waals surface area contributed by atoms with Gasteiger partial charge in [-0.05, 0) is 31.5 Å². The summed E-state index contributed by atoms with van der Waals surface area (Å²) in [6.45, 7) is 4.46. The van der Waals surface area contributed by atoms with Gasteiger partial charge in [0.15, 0.2) is 11.5 Å². The zero-order valence-corrected chi connectivity index (χ0v) is 14.0. The average molecular weight is 341 g/mol. The molecule has 2 atom stereocenters. The number of carbonyl (C=O) groups is 1. The van der Waals surface area contributed by atoms with E-state index >= 15 is 0 Å². The Kier molecular flexibility index (Phi) is 4.62. The molecule has 8 heteroatoms. The molecule has 0 unspecified atom stereocenters. The van der Waals surface area contributed by atoms with E-state index in [1.165, 1.54) is 0 Å². The Morgan fingerprint density at radius 2 is 1.91 bits per heavy atom. The first kappa shape index (κ1) is 16.3. The molecule has 0 spiro atoms. The van der Waals surface area contributed by atoms with E-state index in [0.717, 1.165) is 5.56 Å². The van der Waals surface area contributed by atoms with Gasteiger partial charge in [0.05, 0.1) is 13.2 Å². The van der Waals surface area contributed by atoms with E-state index in [4.69, 9.17) is 18.5 Å². The van der Waals surface area contributed by atoms with E-state index in [-0.39, 0.29) is 31.8 Å². The molecule has 1 aromatic rings. The number of fused-ring (bicyclic) bond motifs is 1. The van der Waals surface area contributed by atoms with Crippen LogP contribution < -0.4 is 14.8 Å². The molecule has 0 aliphatic carbocycles. The highest BCUT2D eigenvalue weighted by Gasteiger charge is 2.50. The van der Waals surface area contributed by atoms with E-state index in [0.29, 0.717) is 18.0 Å². The minimum absolute atomic E-state index is 0.181. The molecule has 126 valence electrons. The molecule has 1 amide bonds. The smallest absolute Gasteiger partial charge is 0.343 e. The number of ether oxygens (including phenoxy) is 2. The summed E-state index contributed by atoms with van der Waals surface area (Å²) in [5.74, 6) is 0.683. The van der Waals surface area contributed by atoms with Crippen molar-refractivity contribution in [2.24, 2.45) is 0 Å². The molecule has 2 heterocycles. The molecule has 1 fully saturated rings. The van der Waals surface area contributed by atoms with E-state index in [2.05, 4.69) is 5.32 Å². The van der Waals surface area contributed by atoms with Crippen LogP contribution in [0.25, 0.3) is 0 Å². The van der Waals surface area contributed by atoms with Crippen molar-refractivity contribution in [2.75, 3.05) is 26.6 Å². The summed E-state index contributed by atoms with van der Waals surface area (Å²) in [7, 11) is -3.55. The van der Waals surface area contributed by atoms with Gasteiger partial charge < -0.3 is 23.8 Å². The van der Waals surface area contributed by atoms with Crippen LogP contribution in [0.4, 0.5) is 0 Å². The number of hydrogen-bond donors (Lipinski definition) is 1. The zero-order chi connectivity index (χ0) is 16.4. The summed E-state index contributed by atoms with van der Waals surface area (Å²) in [6.07, 6.45) is 0. The summed E-state index contributed by atoms with van der Waals surface area (Å²) >= 11 is 0. The van der Waals surface area contributed by atoms with Gasteiger partial charge in [-0.15, -0.1) is 0 Å². The molecule has 0 aromatic heterocycles. The van der Waals surface area contributed by atoms with Crippen molar-refractivity contribution >= 4 is 13.5 Å². The van der Waals surface area contributed by atoms with Crippen LogP contribution in [0, 0.1) is 0 Å². The fraction of sp³-hybridized carbons (Fsp3) is 0.533. The molecule has 2 aliphatic heterocycles. The highest BCUT2D eigenvalue weighted by molar-refractivity contribution is 7.55. The molecule has 0 radical (unpaired) electrons. The van der Waals surface area contributed by atoms with Crippen LogP contribution in [-0.2, 0) is 18.4 Å². The van der Waals surface area contributed by atoms with Gasteiger partial charge in [0, 0.05) is 12.5 Å². The van der Waals surface area contributed by atoms with Crippen molar-refractivity contribution in [3.63, 3.8) is 0 Å². The first-order valence-corrected chi connectivity index (χ1v) is 9.26. The van der Waals surface area contributed by atoms with Crippen LogP contribution in [0.3, 0.4) is 0 Å². The number of nitrogens with one attached hydrogen (secondary N) is 1. The molecular formula is C15H20NO6P. The molecule has 7 nitrogen and oxygen atoms in total. The summed E-state index contributed by atoms with van der Waals surface area (Å²) in [5.41, 5.74) is -0.0139. The largest absolute Gasteiger partial charge is 0.454 e. The Labute approximate surface area is 134 Å². The number of carbonyl (C=O) groups excluding carboxylic acids is 1. The molecule has 1 aromatic carbocycles. The Balaban J connectivity index is 1.94. The highest BCUT2D eigenvalue weighted by Crippen LogP contribution is 2.58. The lowest BCUT2D eigenvalue weighted by Gasteiger charge is -2.25. The predicted octanol–water partition coefficient (Wildman–Crippen LogP) is 2.26. The summed E-state index contributed by atoms with van der Waals surface area (Å²) in [6, 6.07) is 5.47. The second-order valence-electron chi connectivity index (χ2n) is 5.28. The maximum Gasteiger partial charge on any atom is 0.343 e. The van der Waals surface area contributed by atoms with Crippen molar-refractivity contribution in [1.29, 1.82) is 0 Å². The maximum atomic E-state index is 13.1. The first-order valence-electron chi connectivity index (χ1n) is 7.65. The fourth-order valence-electron chi connectivity index (χ4n) is 2.98. The Bertz CT molecular complexity index is 639. The first-order chi connectivity index (χ1) is 11.1. The minimum Gasteiger partial charge on any atom is -0.454 e. The second kappa shape index (κ2) is 6.51. The fourth-order valence-corrected chi connectivity index (χ4v) is 5.19. The average Bonchev–Trinajstić information content (AvgIpc) is 3.13. The van der Waals surface area contributed by atoms with Crippen LogP contribution in [0.5, 0.6) is 11.5 Å². The van der Waals surface area contributed by atoms with Crippen molar-refractivity contribution in [3.05, 3.63) is 23.8 Å². The van der Waals surface area contributed by atoms with E-state index in [9.17, 15) is 9.36 Å². The lowest BCUT2D eigenvalue weighted by atomic mass is 9.97. The Morgan fingerprint density at radius 1 is 1.22 bits per heavy atom. The van der Waals surface area contributed by atoms with E-state index in [1.54, 1.807) is 19.9 Å². The van der Waals surface area contributed by atoms with Gasteiger partial charge in [-0.1, -0.05) is 6.07 Å². The quantitative estimate of drug-likeness (QED) is 0.799. The Hall–Kier alpha value is -1.56. The topological polar surface area (TPSA) is 83.1 Å². The summed E-state index contributed by atoms with van der Waals surface area (Å²) in [4.78, 5) is 12.3. The van der Waals surface area contributed by atoms with Crippen LogP contribution >= 0.6 is 7.60 Å². The van der Waals surface area contributed by atoms with Crippen LogP contribution in [0.15, 0.2) is 18.2 Å². The zero-order valence-electron chi connectivity index (χ0n) is 13.1. The van der Waals surface area contributed by atoms with Crippen molar-refractivity contribution in [3.8, 4) is 11.5 Å². The van der Waals surface area contributed by atoms with Crippen LogP contribution in [0.1, 0.15) is 25.3 Å². The van der Waals surface area contributed by atoms with Gasteiger partial charge in [-0.2, -0.15) is 0 Å². The molecule has 23 heavy (non-hydrogen) atoms. The SMILES string of the molecule is CCOP(=O)(OCC)[C@H]1C(=O)NC[C@@H]1c1ccc2c(c1)OCO2. The number of rotatable bonds is 6. The molecule has 0 saturated carbocycles. The van der Waals surface area contributed by atoms with Gasteiger partial charge in [0.1, 0.15) is 5.66 Å². The third-order valence-corrected chi connectivity index (χ3v) is 6.44. The molecule has 2 aliphatic rings. The second-order valence-corrected chi connectivity index (χ2v) is 7.44. The van der Waals surface area contributed by atoms with Gasteiger partial charge in [0.2, 0.25) is 12.7 Å². The van der Waals surface area contributed by atoms with Gasteiger partial charge in [0.25, 0.3) is 0 Å². The number of benzene rings is 1. The normalized spacial score (nSPS) is 23.1.